The number of fused-ring (bicyclic) bond motifs is 1. The molecular formula is C21H22N2O3. The Labute approximate surface area is 151 Å². The van der Waals surface area contributed by atoms with E-state index in [1.807, 2.05) is 31.2 Å². The number of hydrogen-bond acceptors (Lipinski definition) is 3. The summed E-state index contributed by atoms with van der Waals surface area (Å²) >= 11 is 0. The van der Waals surface area contributed by atoms with Gasteiger partial charge >= 0.3 is 0 Å². The van der Waals surface area contributed by atoms with Gasteiger partial charge in [-0.3, -0.25) is 9.59 Å². The van der Waals surface area contributed by atoms with E-state index in [9.17, 15) is 14.7 Å². The average molecular weight is 350 g/mol. The molecule has 0 aliphatic heterocycles. The standard InChI is InChI=1S/C21H22N2O3/c1-14-6-3-4-7-16(14)12-20(25)22-19-9-5-8-18-17(19)10-11-23(21(18)26)13-15(2)24/h3-11,15,24H,12-13H2,1-2H3,(H,22,25). The lowest BCUT2D eigenvalue weighted by molar-refractivity contribution is -0.115. The third-order valence-electron chi connectivity index (χ3n) is 4.37. The minimum atomic E-state index is -0.609. The van der Waals surface area contributed by atoms with Crippen molar-refractivity contribution in [2.75, 3.05) is 5.32 Å². The second kappa shape index (κ2) is 7.54. The summed E-state index contributed by atoms with van der Waals surface area (Å²) < 4.78 is 1.48. The van der Waals surface area contributed by atoms with E-state index in [1.54, 1.807) is 37.4 Å². The highest BCUT2D eigenvalue weighted by molar-refractivity contribution is 6.02. The summed E-state index contributed by atoms with van der Waals surface area (Å²) in [6, 6.07) is 14.8. The first-order chi connectivity index (χ1) is 12.5. The summed E-state index contributed by atoms with van der Waals surface area (Å²) in [5, 5.41) is 13.6. The molecule has 1 aromatic heterocycles. The molecule has 0 saturated heterocycles. The predicted molar refractivity (Wildman–Crippen MR) is 103 cm³/mol. The molecule has 2 aromatic carbocycles. The number of carbonyl (C=O) groups excluding carboxylic acids is 1. The largest absolute Gasteiger partial charge is 0.392 e. The molecule has 1 atom stereocenters. The van der Waals surface area contributed by atoms with Gasteiger partial charge in [0.2, 0.25) is 5.91 Å². The molecule has 0 aliphatic rings. The van der Waals surface area contributed by atoms with Crippen molar-refractivity contribution in [2.24, 2.45) is 0 Å². The number of hydrogen-bond donors (Lipinski definition) is 2. The van der Waals surface area contributed by atoms with Crippen LogP contribution in [-0.4, -0.2) is 21.7 Å². The van der Waals surface area contributed by atoms with Crippen LogP contribution in [0.2, 0.25) is 0 Å². The van der Waals surface area contributed by atoms with Crippen LogP contribution < -0.4 is 10.9 Å². The van der Waals surface area contributed by atoms with Crippen LogP contribution in [0.1, 0.15) is 18.1 Å². The zero-order valence-electron chi connectivity index (χ0n) is 14.9. The number of carbonyl (C=O) groups is 1. The third kappa shape index (κ3) is 3.83. The van der Waals surface area contributed by atoms with Crippen LogP contribution in [0.3, 0.4) is 0 Å². The smallest absolute Gasteiger partial charge is 0.258 e. The average Bonchev–Trinajstić information content (AvgIpc) is 2.59. The molecule has 134 valence electrons. The van der Waals surface area contributed by atoms with Gasteiger partial charge in [-0.2, -0.15) is 0 Å². The maximum Gasteiger partial charge on any atom is 0.258 e. The number of benzene rings is 2. The summed E-state index contributed by atoms with van der Waals surface area (Å²) in [6.07, 6.45) is 1.32. The molecule has 0 fully saturated rings. The van der Waals surface area contributed by atoms with E-state index in [4.69, 9.17) is 0 Å². The molecule has 1 heterocycles. The van der Waals surface area contributed by atoms with Gasteiger partial charge in [-0.1, -0.05) is 30.3 Å². The van der Waals surface area contributed by atoms with Crippen LogP contribution in [-0.2, 0) is 17.8 Å². The number of amides is 1. The third-order valence-corrected chi connectivity index (χ3v) is 4.37. The molecule has 0 saturated carbocycles. The minimum absolute atomic E-state index is 0.125. The summed E-state index contributed by atoms with van der Waals surface area (Å²) in [4.78, 5) is 25.0. The maximum absolute atomic E-state index is 12.6. The predicted octanol–water partition coefficient (Wildman–Crippen LogP) is 2.87. The molecule has 1 unspecified atom stereocenters. The van der Waals surface area contributed by atoms with Crippen molar-refractivity contribution in [1.82, 2.24) is 4.57 Å². The Morgan fingerprint density at radius 3 is 2.62 bits per heavy atom. The monoisotopic (exact) mass is 350 g/mol. The van der Waals surface area contributed by atoms with Crippen LogP contribution in [0.4, 0.5) is 5.69 Å². The Balaban J connectivity index is 1.89. The van der Waals surface area contributed by atoms with Crippen LogP contribution >= 0.6 is 0 Å². The van der Waals surface area contributed by atoms with E-state index in [0.29, 0.717) is 16.5 Å². The fraction of sp³-hybridized carbons (Fsp3) is 0.238. The minimum Gasteiger partial charge on any atom is -0.392 e. The van der Waals surface area contributed by atoms with Gasteiger partial charge in [0.15, 0.2) is 0 Å². The highest BCUT2D eigenvalue weighted by Gasteiger charge is 2.11. The first-order valence-electron chi connectivity index (χ1n) is 8.60. The van der Waals surface area contributed by atoms with Crippen molar-refractivity contribution >= 4 is 22.4 Å². The molecule has 3 aromatic rings. The van der Waals surface area contributed by atoms with E-state index < -0.39 is 6.10 Å². The van der Waals surface area contributed by atoms with Gasteiger partial charge in [0.05, 0.1) is 19.1 Å². The van der Waals surface area contributed by atoms with Crippen molar-refractivity contribution in [3.05, 3.63) is 76.2 Å². The van der Waals surface area contributed by atoms with Crippen LogP contribution in [0, 0.1) is 6.92 Å². The molecule has 3 rings (SSSR count). The molecule has 0 radical (unpaired) electrons. The number of rotatable bonds is 5. The Kier molecular flexibility index (Phi) is 5.19. The summed E-state index contributed by atoms with van der Waals surface area (Å²) in [6.45, 7) is 3.85. The van der Waals surface area contributed by atoms with E-state index in [2.05, 4.69) is 5.32 Å². The Bertz CT molecular complexity index is 1010. The molecular weight excluding hydrogens is 328 g/mol. The lowest BCUT2D eigenvalue weighted by atomic mass is 10.1. The van der Waals surface area contributed by atoms with Gasteiger partial charge in [-0.05, 0) is 43.2 Å². The van der Waals surface area contributed by atoms with Gasteiger partial charge < -0.3 is 15.0 Å². The molecule has 2 N–H and O–H groups in total. The topological polar surface area (TPSA) is 71.3 Å². The fourth-order valence-electron chi connectivity index (χ4n) is 3.03. The number of aryl methyl sites for hydroxylation is 1. The number of pyridine rings is 1. The molecule has 0 spiro atoms. The first-order valence-corrected chi connectivity index (χ1v) is 8.60. The summed E-state index contributed by atoms with van der Waals surface area (Å²) in [7, 11) is 0. The first kappa shape index (κ1) is 17.9. The normalized spacial score (nSPS) is 12.1. The molecule has 26 heavy (non-hydrogen) atoms. The van der Waals surface area contributed by atoms with Crippen LogP contribution in [0.15, 0.2) is 59.5 Å². The molecule has 0 aliphatic carbocycles. The van der Waals surface area contributed by atoms with Crippen molar-refractivity contribution in [1.29, 1.82) is 0 Å². The Morgan fingerprint density at radius 1 is 1.12 bits per heavy atom. The van der Waals surface area contributed by atoms with Crippen LogP contribution in [0.5, 0.6) is 0 Å². The molecule has 5 nitrogen and oxygen atoms in total. The number of nitrogens with zero attached hydrogens (tertiary/aromatic N) is 1. The van der Waals surface area contributed by atoms with Crippen molar-refractivity contribution in [3.8, 4) is 0 Å². The number of anilines is 1. The Hall–Kier alpha value is -2.92. The maximum atomic E-state index is 12.6. The van der Waals surface area contributed by atoms with E-state index in [-0.39, 0.29) is 24.4 Å². The van der Waals surface area contributed by atoms with Crippen molar-refractivity contribution in [2.45, 2.75) is 32.9 Å². The number of nitrogens with one attached hydrogen (secondary N) is 1. The second-order valence-corrected chi connectivity index (χ2v) is 6.54. The van der Waals surface area contributed by atoms with E-state index in [1.165, 1.54) is 4.57 Å². The lowest BCUT2D eigenvalue weighted by Gasteiger charge is -2.12. The van der Waals surface area contributed by atoms with Crippen molar-refractivity contribution < 1.29 is 9.90 Å². The molecule has 5 heteroatoms. The zero-order valence-corrected chi connectivity index (χ0v) is 14.9. The van der Waals surface area contributed by atoms with Gasteiger partial charge in [0, 0.05) is 22.7 Å². The fourth-order valence-corrected chi connectivity index (χ4v) is 3.03. The van der Waals surface area contributed by atoms with Gasteiger partial charge in [-0.25, -0.2) is 0 Å². The van der Waals surface area contributed by atoms with Crippen LogP contribution in [0.25, 0.3) is 10.8 Å². The number of aliphatic hydroxyl groups is 1. The highest BCUT2D eigenvalue weighted by Crippen LogP contribution is 2.21. The Morgan fingerprint density at radius 2 is 1.88 bits per heavy atom. The zero-order chi connectivity index (χ0) is 18.7. The van der Waals surface area contributed by atoms with E-state index in [0.717, 1.165) is 11.1 Å². The summed E-state index contributed by atoms with van der Waals surface area (Å²) in [5.41, 5.74) is 2.48. The second-order valence-electron chi connectivity index (χ2n) is 6.54. The van der Waals surface area contributed by atoms with E-state index >= 15 is 0 Å². The van der Waals surface area contributed by atoms with Gasteiger partial charge in [-0.15, -0.1) is 0 Å². The van der Waals surface area contributed by atoms with Gasteiger partial charge in [0.1, 0.15) is 0 Å². The number of aliphatic hydroxyl groups excluding tert-OH is 1. The molecule has 0 bridgehead atoms. The number of aromatic nitrogens is 1. The van der Waals surface area contributed by atoms with Gasteiger partial charge in [0.25, 0.3) is 5.56 Å². The molecule has 1 amide bonds. The highest BCUT2D eigenvalue weighted by atomic mass is 16.3. The lowest BCUT2D eigenvalue weighted by Crippen LogP contribution is -2.25. The quantitative estimate of drug-likeness (QED) is 0.743. The van der Waals surface area contributed by atoms with Crippen molar-refractivity contribution in [3.63, 3.8) is 0 Å². The SMILES string of the molecule is Cc1ccccc1CC(=O)Nc1cccc2c(=O)n(CC(C)O)ccc12. The summed E-state index contributed by atoms with van der Waals surface area (Å²) in [5.74, 6) is -0.125.